The zero-order chi connectivity index (χ0) is 36.1. The fourth-order valence-electron chi connectivity index (χ4n) is 7.34. The fourth-order valence-corrected chi connectivity index (χ4v) is 7.34. The van der Waals surface area contributed by atoms with E-state index in [9.17, 15) is 24.3 Å². The number of azide groups is 1. The van der Waals surface area contributed by atoms with Gasteiger partial charge >= 0.3 is 12.1 Å². The molecule has 0 bridgehead atoms. The summed E-state index contributed by atoms with van der Waals surface area (Å²) >= 11 is 0. The highest BCUT2D eigenvalue weighted by molar-refractivity contribution is 6.00. The van der Waals surface area contributed by atoms with E-state index < -0.39 is 83.5 Å². The number of carbonyl (C=O) groups excluding carboxylic acids is 4. The largest absolute Gasteiger partial charge is 0.457 e. The molecule has 12 atom stereocenters. The van der Waals surface area contributed by atoms with Crippen LogP contribution in [0.2, 0.25) is 0 Å². The van der Waals surface area contributed by atoms with Gasteiger partial charge in [-0.3, -0.25) is 19.3 Å². The van der Waals surface area contributed by atoms with Gasteiger partial charge in [0.2, 0.25) is 0 Å². The molecule has 3 N–H and O–H groups in total. The molecule has 0 aromatic carbocycles. The van der Waals surface area contributed by atoms with Gasteiger partial charge in [0.25, 0.3) is 0 Å². The summed E-state index contributed by atoms with van der Waals surface area (Å²) in [6.45, 7) is 16.1. The number of nitrogens with zero attached hydrogens (tertiary/aromatic N) is 4. The maximum atomic E-state index is 14.3. The third-order valence-corrected chi connectivity index (χ3v) is 10.2. The number of nitrogens with two attached hydrogens (primary N) is 1. The van der Waals surface area contributed by atoms with Crippen LogP contribution < -0.4 is 5.73 Å². The summed E-state index contributed by atoms with van der Waals surface area (Å²) < 4.78 is 30.2. The molecule has 1 amide bonds. The quantitative estimate of drug-likeness (QED) is 0.0683. The number of hydrogen-bond acceptors (Lipinski definition) is 12. The van der Waals surface area contributed by atoms with Crippen LogP contribution in [0, 0.1) is 17.8 Å². The number of cyclic esters (lactones) is 1. The molecule has 15 heteroatoms. The van der Waals surface area contributed by atoms with Gasteiger partial charge in [0.15, 0.2) is 23.5 Å². The molecule has 3 saturated heterocycles. The number of amides is 1. The molecule has 0 saturated carbocycles. The van der Waals surface area contributed by atoms with E-state index in [1.807, 2.05) is 0 Å². The van der Waals surface area contributed by atoms with Crippen molar-refractivity contribution in [2.45, 2.75) is 135 Å². The predicted molar refractivity (Wildman–Crippen MR) is 173 cm³/mol. The van der Waals surface area contributed by atoms with Crippen LogP contribution in [0.15, 0.2) is 17.3 Å². The Balaban J connectivity index is 2.10. The van der Waals surface area contributed by atoms with Gasteiger partial charge in [0, 0.05) is 48.6 Å². The molecule has 3 aliphatic heterocycles. The summed E-state index contributed by atoms with van der Waals surface area (Å²) in [7, 11) is 1.43. The molecule has 0 aromatic rings. The topological polar surface area (TPSA) is 213 Å². The minimum Gasteiger partial charge on any atom is -0.457 e. The maximum Gasteiger partial charge on any atom is 0.411 e. The first-order valence-electron chi connectivity index (χ1n) is 16.7. The van der Waals surface area contributed by atoms with Gasteiger partial charge in [-0.15, -0.1) is 0 Å². The lowest BCUT2D eigenvalue weighted by molar-refractivity contribution is -0.288. The van der Waals surface area contributed by atoms with Gasteiger partial charge in [-0.05, 0) is 65.3 Å². The highest BCUT2D eigenvalue weighted by Gasteiger charge is 2.59. The number of aliphatic hydroxyl groups is 1. The van der Waals surface area contributed by atoms with Crippen molar-refractivity contribution < 1.29 is 48.0 Å². The van der Waals surface area contributed by atoms with Crippen LogP contribution in [0.5, 0.6) is 0 Å². The predicted octanol–water partition coefficient (Wildman–Crippen LogP) is 3.60. The number of esters is 1. The average Bonchev–Trinajstić information content (AvgIpc) is 3.30. The summed E-state index contributed by atoms with van der Waals surface area (Å²) in [5, 5.41) is 14.4. The zero-order valence-electron chi connectivity index (χ0n) is 29.4. The van der Waals surface area contributed by atoms with E-state index in [4.69, 9.17) is 34.9 Å². The minimum atomic E-state index is -1.52. The molecule has 0 radical (unpaired) electrons. The van der Waals surface area contributed by atoms with Crippen LogP contribution in [-0.2, 0) is 38.1 Å². The number of hydrogen-bond donors (Lipinski definition) is 2. The second kappa shape index (κ2) is 16.1. The van der Waals surface area contributed by atoms with Crippen molar-refractivity contribution in [1.29, 1.82) is 0 Å². The summed E-state index contributed by atoms with van der Waals surface area (Å²) in [5.41, 5.74) is 12.0. The lowest BCUT2D eigenvalue weighted by atomic mass is 9.75. The Bertz CT molecular complexity index is 1280. The second-order valence-electron chi connectivity index (χ2n) is 13.8. The Labute approximate surface area is 282 Å². The maximum absolute atomic E-state index is 14.3. The third-order valence-electron chi connectivity index (χ3n) is 10.2. The van der Waals surface area contributed by atoms with E-state index in [0.717, 1.165) is 0 Å². The lowest BCUT2D eigenvalue weighted by Crippen LogP contribution is -2.59. The van der Waals surface area contributed by atoms with Crippen LogP contribution in [-0.4, -0.2) is 108 Å². The molecular weight excluding hydrogens is 626 g/mol. The smallest absolute Gasteiger partial charge is 0.411 e. The van der Waals surface area contributed by atoms with Gasteiger partial charge in [0.05, 0.1) is 17.8 Å². The monoisotopic (exact) mass is 679 g/mol. The summed E-state index contributed by atoms with van der Waals surface area (Å²) in [4.78, 5) is 59.5. The number of rotatable bonds is 9. The van der Waals surface area contributed by atoms with Crippen molar-refractivity contribution in [3.05, 3.63) is 22.6 Å². The molecular formula is C33H53N5O10. The van der Waals surface area contributed by atoms with E-state index in [1.54, 1.807) is 41.5 Å². The number of aliphatic hydroxyl groups excluding tert-OH is 1. The van der Waals surface area contributed by atoms with Gasteiger partial charge in [-0.25, -0.2) is 4.79 Å². The highest BCUT2D eigenvalue weighted by atomic mass is 16.7. The van der Waals surface area contributed by atoms with Crippen LogP contribution in [0.3, 0.4) is 0 Å². The number of carbonyl (C=O) groups is 4. The van der Waals surface area contributed by atoms with Gasteiger partial charge in [-0.2, -0.15) is 0 Å². The molecule has 3 heterocycles. The highest BCUT2D eigenvalue weighted by Crippen LogP contribution is 2.42. The number of ether oxygens (including phenoxy) is 5. The Morgan fingerprint density at radius 1 is 1.17 bits per heavy atom. The Hall–Kier alpha value is -3.07. The van der Waals surface area contributed by atoms with Gasteiger partial charge in [-0.1, -0.05) is 32.5 Å². The average molecular weight is 680 g/mol. The molecule has 2 unspecified atom stereocenters. The number of Topliss-reactive ketones (excluding diaryl/α,β-unsaturated/α-hetero) is 2. The molecule has 3 fully saturated rings. The van der Waals surface area contributed by atoms with Crippen LogP contribution >= 0.6 is 0 Å². The third kappa shape index (κ3) is 8.03. The molecule has 270 valence electrons. The first-order valence-corrected chi connectivity index (χ1v) is 16.7. The molecule has 3 aliphatic rings. The van der Waals surface area contributed by atoms with Crippen LogP contribution in [0.4, 0.5) is 4.79 Å². The van der Waals surface area contributed by atoms with Crippen molar-refractivity contribution in [3.8, 4) is 0 Å². The number of methoxy groups -OCH3 is 1. The number of ketones is 2. The first kappa shape index (κ1) is 39.4. The van der Waals surface area contributed by atoms with E-state index in [1.165, 1.54) is 18.9 Å². The van der Waals surface area contributed by atoms with E-state index in [-0.39, 0.29) is 43.4 Å². The van der Waals surface area contributed by atoms with E-state index >= 15 is 0 Å². The van der Waals surface area contributed by atoms with Crippen molar-refractivity contribution >= 4 is 23.6 Å². The van der Waals surface area contributed by atoms with Crippen molar-refractivity contribution in [2.75, 3.05) is 20.2 Å². The number of fused-ring (bicyclic) bond motifs is 1. The number of unbranched alkanes of at least 4 members (excludes halogenated alkanes) is 1. The van der Waals surface area contributed by atoms with E-state index in [0.29, 0.717) is 19.3 Å². The molecule has 0 aromatic heterocycles. The Kier molecular flexibility index (Phi) is 13.2. The minimum absolute atomic E-state index is 0.0362. The van der Waals surface area contributed by atoms with Crippen molar-refractivity contribution in [2.24, 2.45) is 28.6 Å². The fraction of sp³-hybridized carbons (Fsp3) is 0.818. The molecule has 48 heavy (non-hydrogen) atoms. The lowest BCUT2D eigenvalue weighted by Gasteiger charge is -2.45. The second-order valence-corrected chi connectivity index (χ2v) is 13.8. The molecule has 15 nitrogen and oxygen atoms in total. The normalized spacial score (nSPS) is 40.0. The first-order chi connectivity index (χ1) is 22.5. The standard InChI is InChI=1S/C33H53N5O10/c1-10-23-33(8)27(38(31(43)48-33)14-12-11-13-36-37-35)19(4)24(39)17(2)16-32(7,44-9)28(20(5)25(40)21(6)29(42)46-23)47-30-26(41)22(34)15-18(3)45-30/h17-18,20-23,26-28,30,41H,4,10-16,34H2,1-3,5-9H3/t17-,18-,20+,21-,22?,23-,26?,27-,28-,30+,32-,33-/m1/s1. The van der Waals surface area contributed by atoms with Crippen LogP contribution in [0.25, 0.3) is 10.4 Å². The van der Waals surface area contributed by atoms with Gasteiger partial charge < -0.3 is 34.5 Å². The summed E-state index contributed by atoms with van der Waals surface area (Å²) in [6, 6.07) is -1.66. The molecule has 0 aliphatic carbocycles. The SMILES string of the molecule is C=C1C(=O)[C@H](C)C[C@@](C)(OC)[C@H](O[C@@H]2O[C@H](C)CC(N)C2O)[C@@H](C)C(=O)[C@@H](C)C(=O)O[C@H](CC)[C@@]2(C)OC(=O)N(CCCCN=[N+]=[N-])[C@H]12. The molecule has 0 spiro atoms. The van der Waals surface area contributed by atoms with E-state index in [2.05, 4.69) is 16.6 Å². The van der Waals surface area contributed by atoms with Gasteiger partial charge in [0.1, 0.15) is 24.2 Å². The zero-order valence-corrected chi connectivity index (χ0v) is 29.4. The van der Waals surface area contributed by atoms with Crippen molar-refractivity contribution in [3.63, 3.8) is 0 Å². The summed E-state index contributed by atoms with van der Waals surface area (Å²) in [6.07, 6.45) is -4.06. The molecule has 3 rings (SSSR count). The Morgan fingerprint density at radius 2 is 1.83 bits per heavy atom. The van der Waals surface area contributed by atoms with Crippen LogP contribution in [0.1, 0.15) is 80.6 Å². The van der Waals surface area contributed by atoms with Crippen molar-refractivity contribution in [1.82, 2.24) is 4.90 Å². The Morgan fingerprint density at radius 3 is 2.44 bits per heavy atom. The summed E-state index contributed by atoms with van der Waals surface area (Å²) in [5.74, 6) is -4.76.